The van der Waals surface area contributed by atoms with Gasteiger partial charge in [0.2, 0.25) is 0 Å². The van der Waals surface area contributed by atoms with E-state index in [1.807, 2.05) is 24.3 Å². The van der Waals surface area contributed by atoms with Crippen LogP contribution in [0.25, 0.3) is 10.2 Å². The molecule has 0 bridgehead atoms. The Labute approximate surface area is 118 Å². The van der Waals surface area contributed by atoms with Gasteiger partial charge >= 0.3 is 0 Å². The van der Waals surface area contributed by atoms with Crippen LogP contribution in [0.2, 0.25) is 0 Å². The third kappa shape index (κ3) is 2.60. The van der Waals surface area contributed by atoms with Crippen molar-refractivity contribution in [2.24, 2.45) is 0 Å². The molecule has 0 atom stereocenters. The zero-order valence-corrected chi connectivity index (χ0v) is 11.2. The number of nitriles is 1. The molecule has 0 N–H and O–H groups in total. The van der Waals surface area contributed by atoms with Crippen molar-refractivity contribution in [3.8, 4) is 11.8 Å². The van der Waals surface area contributed by atoms with Crippen LogP contribution in [-0.2, 0) is 6.61 Å². The number of fused-ring (bicyclic) bond motifs is 1. The molecule has 1 aromatic heterocycles. The van der Waals surface area contributed by atoms with E-state index in [1.54, 1.807) is 12.1 Å². The van der Waals surface area contributed by atoms with Gasteiger partial charge in [0.25, 0.3) is 0 Å². The minimum absolute atomic E-state index is 0.275. The molecule has 1 heterocycles. The van der Waals surface area contributed by atoms with Gasteiger partial charge in [0.1, 0.15) is 24.2 Å². The first-order chi connectivity index (χ1) is 9.74. The van der Waals surface area contributed by atoms with Gasteiger partial charge in [-0.3, -0.25) is 0 Å². The van der Waals surface area contributed by atoms with Crippen LogP contribution in [0.5, 0.6) is 5.75 Å². The number of hydrogen-bond donors (Lipinski definition) is 0. The minimum Gasteiger partial charge on any atom is -0.489 e. The molecule has 3 rings (SSSR count). The van der Waals surface area contributed by atoms with Crippen molar-refractivity contribution < 1.29 is 9.13 Å². The quantitative estimate of drug-likeness (QED) is 0.733. The Bertz CT molecular complexity index is 807. The number of aromatic nitrogens is 1. The molecule has 0 saturated carbocycles. The zero-order valence-electron chi connectivity index (χ0n) is 10.3. The van der Waals surface area contributed by atoms with E-state index in [0.717, 1.165) is 15.8 Å². The molecule has 0 aliphatic rings. The summed E-state index contributed by atoms with van der Waals surface area (Å²) in [7, 11) is 0. The maximum Gasteiger partial charge on any atom is 0.195 e. The molecule has 20 heavy (non-hydrogen) atoms. The monoisotopic (exact) mass is 284 g/mol. The Balaban J connectivity index is 1.79. The molecule has 0 saturated heterocycles. The van der Waals surface area contributed by atoms with Crippen LogP contribution < -0.4 is 4.74 Å². The maximum atomic E-state index is 13.1. The summed E-state index contributed by atoms with van der Waals surface area (Å²) < 4.78 is 19.6. The predicted octanol–water partition coefficient (Wildman–Crippen LogP) is 3.89. The van der Waals surface area contributed by atoms with Crippen molar-refractivity contribution in [1.29, 1.82) is 5.26 Å². The third-order valence-corrected chi connectivity index (χ3v) is 3.67. The van der Waals surface area contributed by atoms with Crippen LogP contribution in [0.15, 0.2) is 42.5 Å². The second-order valence-electron chi connectivity index (χ2n) is 4.18. The van der Waals surface area contributed by atoms with Crippen LogP contribution >= 0.6 is 11.3 Å². The van der Waals surface area contributed by atoms with Crippen molar-refractivity contribution in [2.75, 3.05) is 0 Å². The lowest BCUT2D eigenvalue weighted by Crippen LogP contribution is -1.95. The van der Waals surface area contributed by atoms with Gasteiger partial charge in [0, 0.05) is 0 Å². The highest BCUT2D eigenvalue weighted by molar-refractivity contribution is 7.19. The summed E-state index contributed by atoms with van der Waals surface area (Å²) in [6, 6.07) is 13.8. The topological polar surface area (TPSA) is 45.9 Å². The Morgan fingerprint density at radius 1 is 1.25 bits per heavy atom. The highest BCUT2D eigenvalue weighted by Crippen LogP contribution is 2.26. The molecule has 5 heteroatoms. The summed E-state index contributed by atoms with van der Waals surface area (Å²) in [5.41, 5.74) is 1.55. The van der Waals surface area contributed by atoms with Gasteiger partial charge in [-0.1, -0.05) is 12.1 Å². The van der Waals surface area contributed by atoms with E-state index in [-0.39, 0.29) is 5.82 Å². The average molecular weight is 284 g/mol. The van der Waals surface area contributed by atoms with Gasteiger partial charge in [-0.2, -0.15) is 5.26 Å². The van der Waals surface area contributed by atoms with Crippen molar-refractivity contribution in [2.45, 2.75) is 6.61 Å². The van der Waals surface area contributed by atoms with Crippen molar-refractivity contribution in [3.63, 3.8) is 0 Å². The van der Waals surface area contributed by atoms with E-state index in [0.29, 0.717) is 17.4 Å². The van der Waals surface area contributed by atoms with Gasteiger partial charge in [-0.15, -0.1) is 11.3 Å². The standard InChI is InChI=1S/C15H9FN2OS/c16-11-3-1-2-10(6-11)9-19-12-4-5-13-14(7-12)20-15(8-17)18-13/h1-7H,9H2. The SMILES string of the molecule is N#Cc1nc2ccc(OCc3cccc(F)c3)cc2s1. The predicted molar refractivity (Wildman–Crippen MR) is 75.1 cm³/mol. The largest absolute Gasteiger partial charge is 0.489 e. The summed E-state index contributed by atoms with van der Waals surface area (Å²) in [4.78, 5) is 4.15. The molecule has 0 radical (unpaired) electrons. The fraction of sp³-hybridized carbons (Fsp3) is 0.0667. The minimum atomic E-state index is -0.275. The lowest BCUT2D eigenvalue weighted by atomic mass is 10.2. The smallest absolute Gasteiger partial charge is 0.195 e. The van der Waals surface area contributed by atoms with Crippen LogP contribution in [0, 0.1) is 17.1 Å². The number of halogens is 1. The molecule has 0 aliphatic carbocycles. The lowest BCUT2D eigenvalue weighted by molar-refractivity contribution is 0.306. The molecule has 3 aromatic rings. The summed E-state index contributed by atoms with van der Waals surface area (Å²) in [6.45, 7) is 0.299. The molecule has 2 aromatic carbocycles. The Morgan fingerprint density at radius 2 is 2.15 bits per heavy atom. The molecule has 3 nitrogen and oxygen atoms in total. The average Bonchev–Trinajstić information content (AvgIpc) is 2.87. The molecule has 0 amide bonds. The number of ether oxygens (including phenoxy) is 1. The van der Waals surface area contributed by atoms with E-state index in [9.17, 15) is 4.39 Å². The fourth-order valence-electron chi connectivity index (χ4n) is 1.84. The summed E-state index contributed by atoms with van der Waals surface area (Å²) in [6.07, 6.45) is 0. The molecule has 0 fully saturated rings. The van der Waals surface area contributed by atoms with E-state index in [2.05, 4.69) is 4.98 Å². The second kappa shape index (κ2) is 5.27. The van der Waals surface area contributed by atoms with E-state index in [4.69, 9.17) is 10.00 Å². The molecule has 0 aliphatic heterocycles. The zero-order chi connectivity index (χ0) is 13.9. The molecule has 98 valence electrons. The van der Waals surface area contributed by atoms with Crippen molar-refractivity contribution in [3.05, 3.63) is 58.9 Å². The first kappa shape index (κ1) is 12.6. The van der Waals surface area contributed by atoms with Gasteiger partial charge in [-0.05, 0) is 35.9 Å². The third-order valence-electron chi connectivity index (χ3n) is 2.75. The van der Waals surface area contributed by atoms with E-state index in [1.165, 1.54) is 23.5 Å². The first-order valence-electron chi connectivity index (χ1n) is 5.92. The van der Waals surface area contributed by atoms with E-state index >= 15 is 0 Å². The van der Waals surface area contributed by atoms with Crippen molar-refractivity contribution in [1.82, 2.24) is 4.98 Å². The van der Waals surface area contributed by atoms with Crippen molar-refractivity contribution >= 4 is 21.6 Å². The Hall–Kier alpha value is -2.45. The summed E-state index contributed by atoms with van der Waals surface area (Å²) in [5, 5.41) is 9.25. The molecule has 0 unspecified atom stereocenters. The fourth-order valence-corrected chi connectivity index (χ4v) is 2.63. The Kier molecular flexibility index (Phi) is 3.32. The second-order valence-corrected chi connectivity index (χ2v) is 5.21. The van der Waals surface area contributed by atoms with E-state index < -0.39 is 0 Å². The van der Waals surface area contributed by atoms with Crippen LogP contribution in [0.4, 0.5) is 4.39 Å². The number of nitrogens with zero attached hydrogens (tertiary/aromatic N) is 2. The number of rotatable bonds is 3. The normalized spacial score (nSPS) is 10.4. The Morgan fingerprint density at radius 3 is 2.95 bits per heavy atom. The van der Waals surface area contributed by atoms with Gasteiger partial charge in [0.15, 0.2) is 5.01 Å². The summed E-state index contributed by atoms with van der Waals surface area (Å²) >= 11 is 1.32. The highest BCUT2D eigenvalue weighted by Gasteiger charge is 2.05. The number of hydrogen-bond acceptors (Lipinski definition) is 4. The van der Waals surface area contributed by atoms with Gasteiger partial charge < -0.3 is 4.74 Å². The molecular formula is C15H9FN2OS. The van der Waals surface area contributed by atoms with Gasteiger partial charge in [-0.25, -0.2) is 9.37 Å². The lowest BCUT2D eigenvalue weighted by Gasteiger charge is -2.06. The number of thiazole rings is 1. The van der Waals surface area contributed by atoms with Crippen LogP contribution in [0.1, 0.15) is 10.6 Å². The highest BCUT2D eigenvalue weighted by atomic mass is 32.1. The van der Waals surface area contributed by atoms with Crippen LogP contribution in [0.3, 0.4) is 0 Å². The van der Waals surface area contributed by atoms with Crippen LogP contribution in [-0.4, -0.2) is 4.98 Å². The van der Waals surface area contributed by atoms with Gasteiger partial charge in [0.05, 0.1) is 10.2 Å². The summed E-state index contributed by atoms with van der Waals surface area (Å²) in [5.74, 6) is 0.401. The first-order valence-corrected chi connectivity index (χ1v) is 6.74. The molecule has 0 spiro atoms. The maximum absolute atomic E-state index is 13.1. The number of benzene rings is 2. The molecular weight excluding hydrogens is 275 g/mol.